The third kappa shape index (κ3) is 2.42. The molecule has 1 aromatic rings. The van der Waals surface area contributed by atoms with E-state index in [-0.39, 0.29) is 0 Å². The van der Waals surface area contributed by atoms with Crippen LogP contribution in [-0.2, 0) is 0 Å². The lowest BCUT2D eigenvalue weighted by Gasteiger charge is -2.04. The van der Waals surface area contributed by atoms with E-state index >= 15 is 0 Å². The third-order valence-electron chi connectivity index (χ3n) is 2.00. The number of rotatable bonds is 2. The smallest absolute Gasteiger partial charge is 0.139 e. The van der Waals surface area contributed by atoms with Gasteiger partial charge in [-0.2, -0.15) is 0 Å². The molecule has 14 heavy (non-hydrogen) atoms. The molecule has 0 saturated carbocycles. The van der Waals surface area contributed by atoms with Crippen molar-refractivity contribution in [2.75, 3.05) is 0 Å². The molecule has 1 heterocycles. The summed E-state index contributed by atoms with van der Waals surface area (Å²) < 4.78 is 0. The van der Waals surface area contributed by atoms with Crippen LogP contribution in [0.1, 0.15) is 5.56 Å². The van der Waals surface area contributed by atoms with Crippen LogP contribution in [0.3, 0.4) is 0 Å². The highest BCUT2D eigenvalue weighted by Gasteiger charge is 2.12. The van der Waals surface area contributed by atoms with E-state index in [9.17, 15) is 0 Å². The Balaban J connectivity index is 2.03. The molecule has 1 unspecified atom stereocenters. The van der Waals surface area contributed by atoms with Gasteiger partial charge in [0.05, 0.1) is 6.08 Å². The molecular formula is C12H12NS+. The number of dihydropyridines is 1. The van der Waals surface area contributed by atoms with Crippen LogP contribution in [0.4, 0.5) is 0 Å². The van der Waals surface area contributed by atoms with Crippen molar-refractivity contribution in [3.8, 4) is 0 Å². The predicted molar refractivity (Wildman–Crippen MR) is 62.8 cm³/mol. The molecule has 0 N–H and O–H groups in total. The fourth-order valence-corrected chi connectivity index (χ4v) is 2.14. The zero-order valence-corrected chi connectivity index (χ0v) is 8.87. The van der Waals surface area contributed by atoms with Crippen LogP contribution >= 0.6 is 11.8 Å². The molecule has 0 radical (unpaired) electrons. The number of hydrogen-bond acceptors (Lipinski definition) is 2. The van der Waals surface area contributed by atoms with Gasteiger partial charge in [0.25, 0.3) is 0 Å². The molecule has 0 aromatic heterocycles. The van der Waals surface area contributed by atoms with Gasteiger partial charge in [-0.1, -0.05) is 29.5 Å². The largest absolute Gasteiger partial charge is 0.150 e. The van der Waals surface area contributed by atoms with E-state index in [1.54, 1.807) is 0 Å². The van der Waals surface area contributed by atoms with Crippen molar-refractivity contribution in [1.82, 2.24) is 0 Å². The van der Waals surface area contributed by atoms with Gasteiger partial charge in [0.15, 0.2) is 5.25 Å². The van der Waals surface area contributed by atoms with Crippen LogP contribution in [0.25, 0.3) is 0 Å². The van der Waals surface area contributed by atoms with Gasteiger partial charge in [0, 0.05) is 11.0 Å². The van der Waals surface area contributed by atoms with Gasteiger partial charge in [-0.25, -0.2) is 0 Å². The number of nitrogens with zero attached hydrogens (tertiary/aromatic N) is 1. The van der Waals surface area contributed by atoms with Crippen LogP contribution in [0.5, 0.6) is 0 Å². The van der Waals surface area contributed by atoms with E-state index in [4.69, 9.17) is 0 Å². The molecule has 0 amide bonds. The van der Waals surface area contributed by atoms with Crippen LogP contribution in [-0.4, -0.2) is 11.5 Å². The Bertz CT molecular complexity index is 339. The second-order valence-corrected chi connectivity index (χ2v) is 4.48. The number of benzene rings is 1. The Kier molecular flexibility index (Phi) is 2.94. The summed E-state index contributed by atoms with van der Waals surface area (Å²) >= 11 is 1.82. The van der Waals surface area contributed by atoms with Crippen LogP contribution < -0.4 is 0 Å². The van der Waals surface area contributed by atoms with Gasteiger partial charge in [-0.05, 0) is 19.1 Å². The molecule has 0 bridgehead atoms. The number of thioether (sulfide) groups is 1. The molecule has 2 heteroatoms. The molecule has 1 nitrogen and oxygen atoms in total. The third-order valence-corrected chi connectivity index (χ3v) is 3.09. The average molecular weight is 202 g/mol. The first kappa shape index (κ1) is 9.41. The van der Waals surface area contributed by atoms with E-state index in [0.29, 0.717) is 5.25 Å². The predicted octanol–water partition coefficient (Wildman–Crippen LogP) is 3.26. The van der Waals surface area contributed by atoms with Gasteiger partial charge >= 0.3 is 0 Å². The fourth-order valence-electron chi connectivity index (χ4n) is 1.24. The van der Waals surface area contributed by atoms with Gasteiger partial charge in [-0.3, -0.25) is 0 Å². The maximum Gasteiger partial charge on any atom is 0.150 e. The maximum atomic E-state index is 4.11. The molecule has 1 atom stereocenters. The zero-order chi connectivity index (χ0) is 9.80. The summed E-state index contributed by atoms with van der Waals surface area (Å²) in [5.74, 6) is 0. The number of hydrogen-bond donors (Lipinski definition) is 0. The van der Waals surface area contributed by atoms with Crippen molar-refractivity contribution in [1.29, 1.82) is 0 Å². The lowest BCUT2D eigenvalue weighted by Crippen LogP contribution is -2.02. The standard InChI is InChI=1S/C12H12NS/c1-10-4-6-11(7-5-10)14-12-3-2-8-13-9-12/h2-9,12H,1H3/q+1. The zero-order valence-electron chi connectivity index (χ0n) is 8.05. The minimum atomic E-state index is 0.378. The van der Waals surface area contributed by atoms with Crippen LogP contribution in [0, 0.1) is 13.5 Å². The van der Waals surface area contributed by atoms with Gasteiger partial charge < -0.3 is 0 Å². The second kappa shape index (κ2) is 4.38. The highest BCUT2D eigenvalue weighted by molar-refractivity contribution is 8.00. The van der Waals surface area contributed by atoms with Gasteiger partial charge in [0.2, 0.25) is 0 Å². The summed E-state index contributed by atoms with van der Waals surface area (Å²) in [4.78, 5) is 5.40. The van der Waals surface area contributed by atoms with Crippen molar-refractivity contribution in [3.63, 3.8) is 0 Å². The first-order valence-corrected chi connectivity index (χ1v) is 5.49. The number of aliphatic imine (C=N–C) groups is 1. The van der Waals surface area contributed by atoms with Crippen LogP contribution in [0.15, 0.2) is 46.3 Å². The quantitative estimate of drug-likeness (QED) is 0.670. The lowest BCUT2D eigenvalue weighted by molar-refractivity contribution is 1.32. The summed E-state index contributed by atoms with van der Waals surface area (Å²) in [5, 5.41) is 0.378. The Labute approximate surface area is 88.9 Å². The molecule has 0 aliphatic carbocycles. The summed E-state index contributed by atoms with van der Waals surface area (Å²) in [7, 11) is 0. The molecule has 1 aromatic carbocycles. The van der Waals surface area contributed by atoms with Crippen molar-refractivity contribution < 1.29 is 0 Å². The van der Waals surface area contributed by atoms with Crippen molar-refractivity contribution in [2.24, 2.45) is 4.99 Å². The lowest BCUT2D eigenvalue weighted by atomic mass is 10.2. The fraction of sp³-hybridized carbons (Fsp3) is 0.167. The van der Waals surface area contributed by atoms with E-state index in [1.165, 1.54) is 10.5 Å². The van der Waals surface area contributed by atoms with Gasteiger partial charge in [-0.15, -0.1) is 4.99 Å². The molecule has 2 rings (SSSR count). The molecule has 0 saturated heterocycles. The van der Waals surface area contributed by atoms with Gasteiger partial charge in [0.1, 0.15) is 12.8 Å². The molecular weight excluding hydrogens is 190 g/mol. The monoisotopic (exact) mass is 202 g/mol. The average Bonchev–Trinajstić information content (AvgIpc) is 2.23. The Morgan fingerprint density at radius 1 is 1.29 bits per heavy atom. The Morgan fingerprint density at radius 2 is 2.07 bits per heavy atom. The van der Waals surface area contributed by atoms with Crippen molar-refractivity contribution >= 4 is 18.0 Å². The topological polar surface area (TPSA) is 12.4 Å². The minimum Gasteiger partial charge on any atom is -0.139 e. The summed E-state index contributed by atoms with van der Waals surface area (Å²) in [6, 6.07) is 8.58. The first-order valence-electron chi connectivity index (χ1n) is 4.61. The van der Waals surface area contributed by atoms with Crippen molar-refractivity contribution in [3.05, 3.63) is 48.5 Å². The second-order valence-electron chi connectivity index (χ2n) is 3.23. The highest BCUT2D eigenvalue weighted by atomic mass is 32.2. The van der Waals surface area contributed by atoms with E-state index in [2.05, 4.69) is 42.3 Å². The highest BCUT2D eigenvalue weighted by Crippen LogP contribution is 2.24. The summed E-state index contributed by atoms with van der Waals surface area (Å²) in [5.41, 5.74) is 1.30. The van der Waals surface area contributed by atoms with E-state index < -0.39 is 0 Å². The summed E-state index contributed by atoms with van der Waals surface area (Å²) in [6.07, 6.45) is 6.11. The molecule has 0 spiro atoms. The Hall–Kier alpha value is -1.15. The normalized spacial score (nSPS) is 19.4. The molecule has 0 fully saturated rings. The summed E-state index contributed by atoms with van der Waals surface area (Å²) in [6.45, 7) is 3.91. The number of aryl methyl sites for hydroxylation is 1. The molecule has 1 aliphatic heterocycles. The Morgan fingerprint density at radius 3 is 2.71 bits per heavy atom. The van der Waals surface area contributed by atoms with E-state index in [1.807, 2.05) is 30.6 Å². The molecule has 1 aliphatic rings. The maximum absolute atomic E-state index is 4.11. The van der Waals surface area contributed by atoms with E-state index in [0.717, 1.165) is 0 Å². The van der Waals surface area contributed by atoms with Crippen LogP contribution in [0.2, 0.25) is 0 Å². The minimum absolute atomic E-state index is 0.378. The SMILES string of the molecule is Cc1ccc(SC2C=C[CH+]N=C2)cc1. The van der Waals surface area contributed by atoms with Crippen molar-refractivity contribution in [2.45, 2.75) is 17.1 Å². The molecule has 70 valence electrons. The first-order chi connectivity index (χ1) is 6.84.